The fraction of sp³-hybridized carbons (Fsp3) is 0.571. The van der Waals surface area contributed by atoms with E-state index in [0.29, 0.717) is 5.92 Å². The van der Waals surface area contributed by atoms with Crippen LogP contribution < -0.4 is 10.6 Å². The summed E-state index contributed by atoms with van der Waals surface area (Å²) in [6, 6.07) is 1.92. The highest BCUT2D eigenvalue weighted by Gasteiger charge is 2.45. The number of pyridine rings is 1. The van der Waals surface area contributed by atoms with Gasteiger partial charge in [-0.15, -0.1) is 0 Å². The molecule has 4 heteroatoms. The number of fused-ring (bicyclic) bond motifs is 1. The molecule has 0 saturated heterocycles. The number of rotatable bonds is 0. The average Bonchev–Trinajstić information content (AvgIpc) is 2.32. The maximum Gasteiger partial charge on any atom is 0.250 e. The first kappa shape index (κ1) is 11.5. The Balaban J connectivity index is 1.99. The van der Waals surface area contributed by atoms with Gasteiger partial charge < -0.3 is 10.6 Å². The number of hydrogen-bond donors (Lipinski definition) is 2. The number of carbonyl (C=O) groups is 1. The summed E-state index contributed by atoms with van der Waals surface area (Å²) in [7, 11) is 0. The van der Waals surface area contributed by atoms with Gasteiger partial charge in [0.2, 0.25) is 5.91 Å². The van der Waals surface area contributed by atoms with Gasteiger partial charge in [0.1, 0.15) is 5.54 Å². The lowest BCUT2D eigenvalue weighted by Crippen LogP contribution is -2.55. The van der Waals surface area contributed by atoms with Crippen LogP contribution >= 0.6 is 0 Å². The van der Waals surface area contributed by atoms with Gasteiger partial charge >= 0.3 is 0 Å². The van der Waals surface area contributed by atoms with Crippen molar-refractivity contribution in [1.82, 2.24) is 4.98 Å². The molecule has 1 aromatic heterocycles. The first-order valence-corrected chi connectivity index (χ1v) is 6.66. The molecule has 2 aliphatic rings. The van der Waals surface area contributed by atoms with Crippen LogP contribution in [0.15, 0.2) is 12.3 Å². The summed E-state index contributed by atoms with van der Waals surface area (Å²) in [6.07, 6.45) is 5.90. The van der Waals surface area contributed by atoms with Gasteiger partial charge in [0.05, 0.1) is 5.69 Å². The van der Waals surface area contributed by atoms with Crippen LogP contribution in [0, 0.1) is 12.8 Å². The fourth-order valence-electron chi connectivity index (χ4n) is 3.20. The zero-order chi connectivity index (χ0) is 12.8. The van der Waals surface area contributed by atoms with Gasteiger partial charge in [-0.25, -0.2) is 4.98 Å². The number of nitrogens with one attached hydrogen (secondary N) is 2. The molecule has 2 heterocycles. The normalized spacial score (nSPS) is 30.6. The number of amides is 1. The maximum absolute atomic E-state index is 12.4. The van der Waals surface area contributed by atoms with E-state index in [4.69, 9.17) is 0 Å². The molecule has 2 unspecified atom stereocenters. The van der Waals surface area contributed by atoms with Gasteiger partial charge in [-0.2, -0.15) is 0 Å². The van der Waals surface area contributed by atoms with E-state index in [1.165, 1.54) is 6.42 Å². The smallest absolute Gasteiger partial charge is 0.250 e. The Labute approximate surface area is 107 Å². The molecule has 4 nitrogen and oxygen atoms in total. The van der Waals surface area contributed by atoms with Crippen LogP contribution in [0.25, 0.3) is 0 Å². The molecule has 2 atom stereocenters. The Morgan fingerprint density at radius 1 is 1.50 bits per heavy atom. The molecular weight excluding hydrogens is 226 g/mol. The van der Waals surface area contributed by atoms with Crippen LogP contribution in [0.2, 0.25) is 0 Å². The lowest BCUT2D eigenvalue weighted by atomic mass is 9.75. The molecule has 1 aliphatic carbocycles. The average molecular weight is 245 g/mol. The molecule has 0 aromatic carbocycles. The number of hydrogen-bond acceptors (Lipinski definition) is 3. The number of aryl methyl sites for hydroxylation is 1. The van der Waals surface area contributed by atoms with E-state index >= 15 is 0 Å². The molecule has 1 spiro atoms. The Hall–Kier alpha value is -1.58. The molecule has 1 aromatic rings. The van der Waals surface area contributed by atoms with E-state index in [2.05, 4.69) is 22.5 Å². The molecule has 1 amide bonds. The van der Waals surface area contributed by atoms with E-state index in [1.54, 1.807) is 6.20 Å². The second-order valence-electron chi connectivity index (χ2n) is 5.71. The standard InChI is InChI=1S/C14H19N3O/c1-9-4-3-6-14(8-9)13(18)16-11-10(2)5-7-15-12(11)17-14/h5,7,9H,3-4,6,8H2,1-2H3,(H,15,17)(H,16,18). The second kappa shape index (κ2) is 3.97. The van der Waals surface area contributed by atoms with Crippen molar-refractivity contribution in [3.8, 4) is 0 Å². The van der Waals surface area contributed by atoms with Crippen molar-refractivity contribution in [2.45, 2.75) is 45.1 Å². The molecule has 1 aliphatic heterocycles. The second-order valence-corrected chi connectivity index (χ2v) is 5.71. The molecule has 96 valence electrons. The zero-order valence-corrected chi connectivity index (χ0v) is 10.9. The van der Waals surface area contributed by atoms with Crippen molar-refractivity contribution in [2.75, 3.05) is 10.6 Å². The Morgan fingerprint density at radius 2 is 2.33 bits per heavy atom. The minimum absolute atomic E-state index is 0.109. The topological polar surface area (TPSA) is 54.0 Å². The largest absolute Gasteiger partial charge is 0.354 e. The Bertz CT molecular complexity index is 500. The van der Waals surface area contributed by atoms with Gasteiger partial charge in [-0.3, -0.25) is 4.79 Å². The lowest BCUT2D eigenvalue weighted by Gasteiger charge is -2.42. The van der Waals surface area contributed by atoms with Crippen molar-refractivity contribution in [2.24, 2.45) is 5.92 Å². The van der Waals surface area contributed by atoms with Crippen LogP contribution in [-0.4, -0.2) is 16.4 Å². The quantitative estimate of drug-likeness (QED) is 0.739. The van der Waals surface area contributed by atoms with Crippen molar-refractivity contribution >= 4 is 17.4 Å². The summed E-state index contributed by atoms with van der Waals surface area (Å²) < 4.78 is 0. The van der Waals surface area contributed by atoms with Crippen LogP contribution in [0.4, 0.5) is 11.5 Å². The highest BCUT2D eigenvalue weighted by molar-refractivity contribution is 6.06. The first-order valence-electron chi connectivity index (χ1n) is 6.66. The van der Waals surface area contributed by atoms with Crippen molar-refractivity contribution in [3.05, 3.63) is 17.8 Å². The van der Waals surface area contributed by atoms with Gasteiger partial charge in [-0.1, -0.05) is 19.8 Å². The zero-order valence-electron chi connectivity index (χ0n) is 10.9. The van der Waals surface area contributed by atoms with Gasteiger partial charge in [0, 0.05) is 6.20 Å². The highest BCUT2D eigenvalue weighted by atomic mass is 16.2. The number of aromatic nitrogens is 1. The Kier molecular flexibility index (Phi) is 2.54. The maximum atomic E-state index is 12.4. The third-order valence-electron chi connectivity index (χ3n) is 4.19. The summed E-state index contributed by atoms with van der Waals surface area (Å²) in [5, 5.41) is 6.46. The van der Waals surface area contributed by atoms with E-state index in [-0.39, 0.29) is 5.91 Å². The van der Waals surface area contributed by atoms with Gasteiger partial charge in [0.15, 0.2) is 5.82 Å². The van der Waals surface area contributed by atoms with E-state index in [0.717, 1.165) is 36.3 Å². The molecule has 2 N–H and O–H groups in total. The number of anilines is 2. The number of nitrogens with zero attached hydrogens (tertiary/aromatic N) is 1. The third kappa shape index (κ3) is 1.67. The van der Waals surface area contributed by atoms with E-state index in [9.17, 15) is 4.79 Å². The predicted molar refractivity (Wildman–Crippen MR) is 71.6 cm³/mol. The van der Waals surface area contributed by atoms with Crippen LogP contribution in [-0.2, 0) is 4.79 Å². The van der Waals surface area contributed by atoms with Crippen molar-refractivity contribution < 1.29 is 4.79 Å². The molecule has 0 bridgehead atoms. The number of carbonyl (C=O) groups excluding carboxylic acids is 1. The fourth-order valence-corrected chi connectivity index (χ4v) is 3.20. The van der Waals surface area contributed by atoms with Crippen molar-refractivity contribution in [3.63, 3.8) is 0 Å². The summed E-state index contributed by atoms with van der Waals surface area (Å²) in [4.78, 5) is 16.8. The third-order valence-corrected chi connectivity index (χ3v) is 4.19. The molecular formula is C14H19N3O. The SMILES string of the molecule is Cc1ccnc2c1NC(=O)C1(CCCC(C)C1)N2. The molecule has 1 saturated carbocycles. The lowest BCUT2D eigenvalue weighted by molar-refractivity contribution is -0.122. The predicted octanol–water partition coefficient (Wildman–Crippen LogP) is 2.70. The first-order chi connectivity index (χ1) is 8.61. The van der Waals surface area contributed by atoms with Crippen LogP contribution in [0.3, 0.4) is 0 Å². The summed E-state index contributed by atoms with van der Waals surface area (Å²) in [5.41, 5.74) is 1.46. The molecule has 18 heavy (non-hydrogen) atoms. The summed E-state index contributed by atoms with van der Waals surface area (Å²) >= 11 is 0. The van der Waals surface area contributed by atoms with Crippen LogP contribution in [0.1, 0.15) is 38.2 Å². The van der Waals surface area contributed by atoms with E-state index in [1.807, 2.05) is 13.0 Å². The van der Waals surface area contributed by atoms with Gasteiger partial charge in [0.25, 0.3) is 0 Å². The molecule has 1 fully saturated rings. The summed E-state index contributed by atoms with van der Waals surface area (Å²) in [6.45, 7) is 4.21. The molecule has 3 rings (SSSR count). The Morgan fingerprint density at radius 3 is 3.11 bits per heavy atom. The molecule has 0 radical (unpaired) electrons. The van der Waals surface area contributed by atoms with E-state index < -0.39 is 5.54 Å². The highest BCUT2D eigenvalue weighted by Crippen LogP contribution is 2.40. The minimum atomic E-state index is -0.439. The minimum Gasteiger partial charge on any atom is -0.354 e. The monoisotopic (exact) mass is 245 g/mol. The summed E-state index contributed by atoms with van der Waals surface area (Å²) in [5.74, 6) is 1.52. The van der Waals surface area contributed by atoms with Crippen molar-refractivity contribution in [1.29, 1.82) is 0 Å². The van der Waals surface area contributed by atoms with Crippen LogP contribution in [0.5, 0.6) is 0 Å². The van der Waals surface area contributed by atoms with Gasteiger partial charge in [-0.05, 0) is 37.3 Å².